The summed E-state index contributed by atoms with van der Waals surface area (Å²) in [7, 11) is 0. The number of anilines is 1. The Balaban J connectivity index is 1.44. The van der Waals surface area contributed by atoms with Crippen molar-refractivity contribution in [3.63, 3.8) is 0 Å². The molecule has 0 bridgehead atoms. The highest BCUT2D eigenvalue weighted by atomic mass is 35.5. The summed E-state index contributed by atoms with van der Waals surface area (Å²) in [6.07, 6.45) is 6.32. The van der Waals surface area contributed by atoms with Crippen molar-refractivity contribution in [3.05, 3.63) is 82.1 Å². The topological polar surface area (TPSA) is 71.6 Å². The van der Waals surface area contributed by atoms with Crippen molar-refractivity contribution in [1.29, 1.82) is 0 Å². The number of carbonyl (C=O) groups excluding carboxylic acids is 1. The van der Waals surface area contributed by atoms with Crippen molar-refractivity contribution in [2.24, 2.45) is 0 Å². The van der Waals surface area contributed by atoms with Crippen LogP contribution >= 0.6 is 11.6 Å². The molecule has 0 aliphatic carbocycles. The van der Waals surface area contributed by atoms with Crippen molar-refractivity contribution in [3.8, 4) is 5.69 Å². The Morgan fingerprint density at radius 1 is 1.07 bits per heavy atom. The Hall–Kier alpha value is -3.32. The van der Waals surface area contributed by atoms with E-state index in [0.717, 1.165) is 0 Å². The monoisotopic (exact) mass is 410 g/mol. The molecule has 0 N–H and O–H groups in total. The molecule has 1 fully saturated rings. The first-order chi connectivity index (χ1) is 14.1. The third-order valence-corrected chi connectivity index (χ3v) is 5.12. The number of piperazine rings is 1. The first-order valence-electron chi connectivity index (χ1n) is 9.22. The number of benzene rings is 1. The maximum absolute atomic E-state index is 12.7. The largest absolute Gasteiger partial charge is 0.465 e. The van der Waals surface area contributed by atoms with Crippen molar-refractivity contribution < 1.29 is 9.21 Å². The summed E-state index contributed by atoms with van der Waals surface area (Å²) in [4.78, 5) is 28.7. The number of hydrogen-bond donors (Lipinski definition) is 0. The summed E-state index contributed by atoms with van der Waals surface area (Å²) in [5, 5.41) is 4.40. The molecule has 1 aliphatic rings. The second-order valence-electron chi connectivity index (χ2n) is 6.56. The van der Waals surface area contributed by atoms with E-state index in [1.165, 1.54) is 10.8 Å². The van der Waals surface area contributed by atoms with Gasteiger partial charge in [-0.15, -0.1) is 0 Å². The normalized spacial score (nSPS) is 14.5. The minimum Gasteiger partial charge on any atom is -0.465 e. The molecule has 29 heavy (non-hydrogen) atoms. The van der Waals surface area contributed by atoms with Gasteiger partial charge in [0.05, 0.1) is 23.8 Å². The molecule has 2 aromatic heterocycles. The Labute approximate surface area is 172 Å². The second kappa shape index (κ2) is 8.36. The highest BCUT2D eigenvalue weighted by Crippen LogP contribution is 2.23. The molecule has 1 saturated heterocycles. The summed E-state index contributed by atoms with van der Waals surface area (Å²) in [5.74, 6) is 0.554. The third-order valence-electron chi connectivity index (χ3n) is 4.77. The van der Waals surface area contributed by atoms with Crippen LogP contribution in [0.3, 0.4) is 0 Å². The van der Waals surface area contributed by atoms with Gasteiger partial charge in [-0.25, -0.2) is 0 Å². The van der Waals surface area contributed by atoms with Crippen LogP contribution in [0.15, 0.2) is 70.2 Å². The van der Waals surface area contributed by atoms with E-state index in [0.29, 0.717) is 43.3 Å². The highest BCUT2D eigenvalue weighted by Gasteiger charge is 2.23. The molecule has 0 saturated carbocycles. The number of furan rings is 1. The fourth-order valence-electron chi connectivity index (χ4n) is 3.21. The summed E-state index contributed by atoms with van der Waals surface area (Å²) in [5.41, 5.74) is 0.877. The number of hydrogen-bond acceptors (Lipinski definition) is 5. The van der Waals surface area contributed by atoms with Crippen LogP contribution < -0.4 is 10.5 Å². The Bertz CT molecular complexity index is 1070. The van der Waals surface area contributed by atoms with E-state index in [-0.39, 0.29) is 16.5 Å². The van der Waals surface area contributed by atoms with E-state index in [2.05, 4.69) is 5.10 Å². The summed E-state index contributed by atoms with van der Waals surface area (Å²) < 4.78 is 6.48. The maximum atomic E-state index is 12.7. The molecular formula is C21H19ClN4O3. The van der Waals surface area contributed by atoms with Gasteiger partial charge in [0.25, 0.3) is 5.56 Å². The zero-order valence-electron chi connectivity index (χ0n) is 15.6. The highest BCUT2D eigenvalue weighted by molar-refractivity contribution is 6.33. The van der Waals surface area contributed by atoms with Gasteiger partial charge < -0.3 is 14.2 Å². The van der Waals surface area contributed by atoms with Gasteiger partial charge in [0.1, 0.15) is 10.8 Å². The smallest absolute Gasteiger partial charge is 0.292 e. The zero-order valence-corrected chi connectivity index (χ0v) is 16.3. The third kappa shape index (κ3) is 4.09. The molecule has 1 aliphatic heterocycles. The predicted molar refractivity (Wildman–Crippen MR) is 111 cm³/mol. The van der Waals surface area contributed by atoms with Gasteiger partial charge in [-0.1, -0.05) is 29.8 Å². The average Bonchev–Trinajstić information content (AvgIpc) is 3.28. The summed E-state index contributed by atoms with van der Waals surface area (Å²) in [6, 6.07) is 12.7. The molecule has 1 amide bonds. The Morgan fingerprint density at radius 3 is 2.52 bits per heavy atom. The van der Waals surface area contributed by atoms with E-state index in [1.807, 2.05) is 23.1 Å². The number of amides is 1. The number of carbonyl (C=O) groups is 1. The molecule has 1 aromatic carbocycles. The lowest BCUT2D eigenvalue weighted by Gasteiger charge is -2.35. The maximum Gasteiger partial charge on any atom is 0.292 e. The minimum absolute atomic E-state index is 0.0789. The molecule has 3 heterocycles. The number of rotatable bonds is 4. The minimum atomic E-state index is -0.366. The number of para-hydroxylation sites is 1. The number of nitrogens with zero attached hydrogens (tertiary/aromatic N) is 4. The molecule has 0 radical (unpaired) electrons. The van der Waals surface area contributed by atoms with Gasteiger partial charge in [0.15, 0.2) is 0 Å². The molecule has 7 nitrogen and oxygen atoms in total. The fourth-order valence-corrected chi connectivity index (χ4v) is 3.46. The van der Waals surface area contributed by atoms with Crippen LogP contribution in [0.4, 0.5) is 5.69 Å². The van der Waals surface area contributed by atoms with Crippen molar-refractivity contribution >= 4 is 29.3 Å². The van der Waals surface area contributed by atoms with Crippen molar-refractivity contribution in [2.75, 3.05) is 31.1 Å². The van der Waals surface area contributed by atoms with Gasteiger partial charge in [-0.2, -0.15) is 9.78 Å². The lowest BCUT2D eigenvalue weighted by Crippen LogP contribution is -2.48. The van der Waals surface area contributed by atoms with Crippen molar-refractivity contribution in [2.45, 2.75) is 0 Å². The standard InChI is InChI=1S/C21H19ClN4O3/c22-20-18(15-23-26(21(20)28)16-5-2-1-3-6-16)24-10-12-25(13-11-24)19(27)9-8-17-7-4-14-29-17/h1-9,14-15H,10-13H2/b9-8+. The first-order valence-corrected chi connectivity index (χ1v) is 9.60. The van der Waals surface area contributed by atoms with E-state index in [1.54, 1.807) is 47.7 Å². The Kier molecular flexibility index (Phi) is 5.48. The molecule has 0 atom stereocenters. The van der Waals surface area contributed by atoms with Crippen LogP contribution in [-0.2, 0) is 4.79 Å². The van der Waals surface area contributed by atoms with Gasteiger partial charge in [0, 0.05) is 32.3 Å². The average molecular weight is 411 g/mol. The lowest BCUT2D eigenvalue weighted by molar-refractivity contribution is -0.126. The van der Waals surface area contributed by atoms with Crippen LogP contribution in [0, 0.1) is 0 Å². The van der Waals surface area contributed by atoms with E-state index in [9.17, 15) is 9.59 Å². The second-order valence-corrected chi connectivity index (χ2v) is 6.94. The van der Waals surface area contributed by atoms with E-state index < -0.39 is 0 Å². The molecule has 0 spiro atoms. The van der Waals surface area contributed by atoms with Crippen LogP contribution in [0.1, 0.15) is 5.76 Å². The molecule has 0 unspecified atom stereocenters. The SMILES string of the molecule is O=C(/C=C/c1ccco1)N1CCN(c2cnn(-c3ccccc3)c(=O)c2Cl)CC1. The van der Waals surface area contributed by atoms with Crippen LogP contribution in [0.5, 0.6) is 0 Å². The van der Waals surface area contributed by atoms with Gasteiger partial charge >= 0.3 is 0 Å². The van der Waals surface area contributed by atoms with Crippen LogP contribution in [-0.4, -0.2) is 46.8 Å². The van der Waals surface area contributed by atoms with Gasteiger partial charge in [-0.3, -0.25) is 9.59 Å². The van der Waals surface area contributed by atoms with E-state index >= 15 is 0 Å². The quantitative estimate of drug-likeness (QED) is 0.618. The van der Waals surface area contributed by atoms with Crippen LogP contribution in [0.2, 0.25) is 5.02 Å². The summed E-state index contributed by atoms with van der Waals surface area (Å²) in [6.45, 7) is 2.19. The van der Waals surface area contributed by atoms with Gasteiger partial charge in [-0.05, 0) is 30.3 Å². The van der Waals surface area contributed by atoms with E-state index in [4.69, 9.17) is 16.0 Å². The molecule has 8 heteroatoms. The lowest BCUT2D eigenvalue weighted by atomic mass is 10.2. The fraction of sp³-hybridized carbons (Fsp3) is 0.190. The van der Waals surface area contributed by atoms with Crippen molar-refractivity contribution in [1.82, 2.24) is 14.7 Å². The molecular weight excluding hydrogens is 392 g/mol. The molecule has 148 valence electrons. The number of halogens is 1. The molecule has 4 rings (SSSR count). The summed E-state index contributed by atoms with van der Waals surface area (Å²) >= 11 is 6.37. The van der Waals surface area contributed by atoms with Crippen LogP contribution in [0.25, 0.3) is 11.8 Å². The molecule has 3 aromatic rings. The first kappa shape index (κ1) is 19.0. The van der Waals surface area contributed by atoms with Gasteiger partial charge in [0.2, 0.25) is 5.91 Å². The Morgan fingerprint density at radius 2 is 1.83 bits per heavy atom. The predicted octanol–water partition coefficient (Wildman–Crippen LogP) is 2.84. The zero-order chi connectivity index (χ0) is 20.2. The number of aromatic nitrogens is 2.